The average molecular weight is 567 g/mol. The van der Waals surface area contributed by atoms with Crippen LogP contribution < -0.4 is 9.62 Å². The van der Waals surface area contributed by atoms with Gasteiger partial charge in [0.1, 0.15) is 12.6 Å². The minimum Gasteiger partial charge on any atom is -0.354 e. The van der Waals surface area contributed by atoms with Crippen molar-refractivity contribution < 1.29 is 22.8 Å². The number of ketones is 1. The number of sulfonamides is 1. The van der Waals surface area contributed by atoms with Crippen molar-refractivity contribution in [2.75, 3.05) is 23.7 Å². The highest BCUT2D eigenvalue weighted by atomic mass is 79.9. The number of nitrogens with zero attached hydrogens (tertiary/aromatic N) is 2. The number of carbonyl (C=O) groups is 3. The third kappa shape index (κ3) is 8.47. The number of halogens is 1. The Kier molecular flexibility index (Phi) is 10.5. The predicted octanol–water partition coefficient (Wildman–Crippen LogP) is 3.75. The highest BCUT2D eigenvalue weighted by Crippen LogP contribution is 2.21. The second-order valence-electron chi connectivity index (χ2n) is 8.34. The van der Waals surface area contributed by atoms with E-state index in [4.69, 9.17) is 0 Å². The molecule has 1 N–H and O–H groups in total. The van der Waals surface area contributed by atoms with Crippen molar-refractivity contribution in [1.29, 1.82) is 0 Å². The standard InChI is InChI=1S/C25H32BrN3O5S/c1-5-6-14-27-25(32)18(2)28(16-20-10-12-22(26)13-11-20)24(31)17-29(35(4,33)34)23-9-7-8-21(15-23)19(3)30/h7-13,15,18H,5-6,14,16-17H2,1-4H3,(H,27,32)/t18-/m1/s1. The van der Waals surface area contributed by atoms with Crippen molar-refractivity contribution >= 4 is 49.2 Å². The molecule has 0 fully saturated rings. The molecule has 1 atom stereocenters. The summed E-state index contributed by atoms with van der Waals surface area (Å²) in [5.41, 5.74) is 1.33. The Morgan fingerprint density at radius 3 is 2.31 bits per heavy atom. The number of amides is 2. The van der Waals surface area contributed by atoms with E-state index in [2.05, 4.69) is 21.2 Å². The molecule has 8 nitrogen and oxygen atoms in total. The summed E-state index contributed by atoms with van der Waals surface area (Å²) < 4.78 is 27.1. The monoisotopic (exact) mass is 565 g/mol. The maximum absolute atomic E-state index is 13.5. The van der Waals surface area contributed by atoms with Gasteiger partial charge in [0.2, 0.25) is 21.8 Å². The number of Topliss-reactive ketones (excluding diaryl/α,β-unsaturated/α-hetero) is 1. The van der Waals surface area contributed by atoms with Crippen LogP contribution >= 0.6 is 15.9 Å². The number of rotatable bonds is 12. The van der Waals surface area contributed by atoms with Crippen molar-refractivity contribution in [2.24, 2.45) is 0 Å². The molecule has 2 aromatic rings. The average Bonchev–Trinajstić information content (AvgIpc) is 2.81. The summed E-state index contributed by atoms with van der Waals surface area (Å²) in [6, 6.07) is 12.6. The molecule has 0 unspecified atom stereocenters. The smallest absolute Gasteiger partial charge is 0.244 e. The minimum atomic E-state index is -3.86. The Morgan fingerprint density at radius 2 is 1.74 bits per heavy atom. The third-order valence-electron chi connectivity index (χ3n) is 5.48. The molecule has 2 amide bonds. The highest BCUT2D eigenvalue weighted by molar-refractivity contribution is 9.10. The highest BCUT2D eigenvalue weighted by Gasteiger charge is 2.30. The van der Waals surface area contributed by atoms with Crippen molar-refractivity contribution in [3.63, 3.8) is 0 Å². The van der Waals surface area contributed by atoms with Crippen molar-refractivity contribution in [1.82, 2.24) is 10.2 Å². The molecule has 0 saturated carbocycles. The molecule has 0 aromatic heterocycles. The molecule has 2 aromatic carbocycles. The van der Waals surface area contributed by atoms with Crippen molar-refractivity contribution in [3.05, 3.63) is 64.1 Å². The Balaban J connectivity index is 2.38. The molecule has 0 bridgehead atoms. The van der Waals surface area contributed by atoms with Gasteiger partial charge in [0.15, 0.2) is 5.78 Å². The summed E-state index contributed by atoms with van der Waals surface area (Å²) >= 11 is 3.38. The molecule has 0 radical (unpaired) electrons. The SMILES string of the molecule is CCCCNC(=O)[C@@H](C)N(Cc1ccc(Br)cc1)C(=O)CN(c1cccc(C(C)=O)c1)S(C)(=O)=O. The van der Waals surface area contributed by atoms with Crippen LogP contribution in [0.4, 0.5) is 5.69 Å². The van der Waals surface area contributed by atoms with Crippen LogP contribution in [0.5, 0.6) is 0 Å². The molecule has 0 aliphatic rings. The molecular formula is C25H32BrN3O5S. The maximum Gasteiger partial charge on any atom is 0.244 e. The Labute approximate surface area is 215 Å². The molecule has 0 heterocycles. The van der Waals surface area contributed by atoms with Gasteiger partial charge < -0.3 is 10.2 Å². The van der Waals surface area contributed by atoms with Crippen LogP contribution in [-0.2, 0) is 26.2 Å². The molecule has 0 aliphatic carbocycles. The number of hydrogen-bond donors (Lipinski definition) is 1. The number of benzene rings is 2. The second kappa shape index (κ2) is 12.8. The van der Waals surface area contributed by atoms with Gasteiger partial charge in [-0.1, -0.05) is 53.5 Å². The first kappa shape index (κ1) is 28.5. The number of carbonyl (C=O) groups excluding carboxylic acids is 3. The number of hydrogen-bond acceptors (Lipinski definition) is 5. The quantitative estimate of drug-likeness (QED) is 0.312. The van der Waals surface area contributed by atoms with Gasteiger partial charge in [0, 0.05) is 23.1 Å². The summed E-state index contributed by atoms with van der Waals surface area (Å²) in [4.78, 5) is 39.5. The van der Waals surface area contributed by atoms with Gasteiger partial charge in [-0.2, -0.15) is 0 Å². The first-order chi connectivity index (χ1) is 16.4. The molecule has 35 heavy (non-hydrogen) atoms. The zero-order valence-corrected chi connectivity index (χ0v) is 22.9. The zero-order valence-electron chi connectivity index (χ0n) is 20.5. The molecular weight excluding hydrogens is 534 g/mol. The minimum absolute atomic E-state index is 0.125. The van der Waals surface area contributed by atoms with E-state index in [0.29, 0.717) is 12.1 Å². The Hall–Kier alpha value is -2.72. The fourth-order valence-corrected chi connectivity index (χ4v) is 4.50. The van der Waals surface area contributed by atoms with Gasteiger partial charge in [0.25, 0.3) is 0 Å². The van der Waals surface area contributed by atoms with Crippen LogP contribution in [0.25, 0.3) is 0 Å². The first-order valence-electron chi connectivity index (χ1n) is 11.3. The fraction of sp³-hybridized carbons (Fsp3) is 0.400. The molecule has 0 spiro atoms. The number of unbranched alkanes of at least 4 members (excludes halogenated alkanes) is 1. The van der Waals surface area contributed by atoms with E-state index in [1.54, 1.807) is 19.1 Å². The molecule has 2 rings (SSSR count). The molecule has 10 heteroatoms. The summed E-state index contributed by atoms with van der Waals surface area (Å²) in [7, 11) is -3.86. The Bertz CT molecular complexity index is 1150. The summed E-state index contributed by atoms with van der Waals surface area (Å²) in [5, 5.41) is 2.84. The lowest BCUT2D eigenvalue weighted by Gasteiger charge is -2.31. The number of nitrogens with one attached hydrogen (secondary N) is 1. The van der Waals surface area contributed by atoms with Gasteiger partial charge in [-0.3, -0.25) is 18.7 Å². The van der Waals surface area contributed by atoms with E-state index in [-0.39, 0.29) is 23.9 Å². The summed E-state index contributed by atoms with van der Waals surface area (Å²) in [5.74, 6) is -1.07. The van der Waals surface area contributed by atoms with Gasteiger partial charge in [-0.25, -0.2) is 8.42 Å². The van der Waals surface area contributed by atoms with Gasteiger partial charge in [-0.15, -0.1) is 0 Å². The van der Waals surface area contributed by atoms with E-state index in [0.717, 1.165) is 33.4 Å². The first-order valence-corrected chi connectivity index (χ1v) is 14.0. The fourth-order valence-electron chi connectivity index (χ4n) is 3.40. The van der Waals surface area contributed by atoms with Crippen LogP contribution in [0, 0.1) is 0 Å². The largest absolute Gasteiger partial charge is 0.354 e. The predicted molar refractivity (Wildman–Crippen MR) is 141 cm³/mol. The van der Waals surface area contributed by atoms with Crippen molar-refractivity contribution in [3.8, 4) is 0 Å². The van der Waals surface area contributed by atoms with Crippen LogP contribution in [-0.4, -0.2) is 56.3 Å². The maximum atomic E-state index is 13.5. The van der Waals surface area contributed by atoms with Crippen LogP contribution in [0.15, 0.2) is 53.0 Å². The van der Waals surface area contributed by atoms with E-state index in [1.165, 1.54) is 24.0 Å². The van der Waals surface area contributed by atoms with Crippen molar-refractivity contribution in [2.45, 2.75) is 46.2 Å². The van der Waals surface area contributed by atoms with Crippen LogP contribution in [0.3, 0.4) is 0 Å². The van der Waals surface area contributed by atoms with Gasteiger partial charge >= 0.3 is 0 Å². The zero-order chi connectivity index (χ0) is 26.2. The topological polar surface area (TPSA) is 104 Å². The molecule has 0 saturated heterocycles. The van der Waals surface area contributed by atoms with Gasteiger partial charge in [-0.05, 0) is 50.1 Å². The normalized spacial score (nSPS) is 12.0. The van der Waals surface area contributed by atoms with E-state index >= 15 is 0 Å². The summed E-state index contributed by atoms with van der Waals surface area (Å²) in [6.45, 7) is 5.13. The molecule has 190 valence electrons. The molecule has 0 aliphatic heterocycles. The second-order valence-corrected chi connectivity index (χ2v) is 11.2. The number of anilines is 1. The van der Waals surface area contributed by atoms with Crippen LogP contribution in [0.2, 0.25) is 0 Å². The van der Waals surface area contributed by atoms with Gasteiger partial charge in [0.05, 0.1) is 11.9 Å². The Morgan fingerprint density at radius 1 is 1.09 bits per heavy atom. The lowest BCUT2D eigenvalue weighted by atomic mass is 10.1. The third-order valence-corrected chi connectivity index (χ3v) is 7.15. The van der Waals surface area contributed by atoms with E-state index in [9.17, 15) is 22.8 Å². The summed E-state index contributed by atoms with van der Waals surface area (Å²) in [6.07, 6.45) is 2.73. The van der Waals surface area contributed by atoms with E-state index in [1.807, 2.05) is 31.2 Å². The van der Waals surface area contributed by atoms with E-state index < -0.39 is 28.5 Å². The van der Waals surface area contributed by atoms with Crippen LogP contribution in [0.1, 0.15) is 49.5 Å². The lowest BCUT2D eigenvalue weighted by Crippen LogP contribution is -2.51. The lowest BCUT2D eigenvalue weighted by molar-refractivity contribution is -0.139.